The van der Waals surface area contributed by atoms with Gasteiger partial charge in [-0.15, -0.1) is 0 Å². The normalized spacial score (nSPS) is 20.2. The number of pyridine rings is 1. The molecule has 1 aliphatic rings. The summed E-state index contributed by atoms with van der Waals surface area (Å²) >= 11 is 0. The number of carbonyl (C=O) groups is 1. The molecule has 0 aliphatic carbocycles. The molecule has 3 rings (SSSR count). The summed E-state index contributed by atoms with van der Waals surface area (Å²) in [5, 5.41) is 0. The largest absolute Gasteiger partial charge is 0.336 e. The Hall–Kier alpha value is -2.40. The second-order valence-electron chi connectivity index (χ2n) is 6.44. The van der Waals surface area contributed by atoms with Gasteiger partial charge in [-0.2, -0.15) is 0 Å². The van der Waals surface area contributed by atoms with E-state index in [0.717, 1.165) is 24.5 Å². The van der Waals surface area contributed by atoms with Crippen LogP contribution in [0.5, 0.6) is 0 Å². The van der Waals surface area contributed by atoms with Crippen LogP contribution in [0.2, 0.25) is 0 Å². The molecular weight excluding hydrogens is 300 g/mol. The number of anilines is 2. The molecule has 1 amide bonds. The Labute approximate surface area is 143 Å². The number of nitrogens with zero attached hydrogens (tertiary/aromatic N) is 3. The van der Waals surface area contributed by atoms with Gasteiger partial charge < -0.3 is 15.5 Å². The summed E-state index contributed by atoms with van der Waals surface area (Å²) in [6.45, 7) is 3.45. The van der Waals surface area contributed by atoms with Crippen molar-refractivity contribution >= 4 is 17.4 Å². The number of hydrogen-bond donors (Lipinski definition) is 1. The van der Waals surface area contributed by atoms with Crippen LogP contribution >= 0.6 is 0 Å². The Morgan fingerprint density at radius 3 is 2.62 bits per heavy atom. The van der Waals surface area contributed by atoms with Crippen LogP contribution < -0.4 is 10.6 Å². The minimum absolute atomic E-state index is 0.0415. The lowest BCUT2D eigenvalue weighted by Gasteiger charge is -2.22. The van der Waals surface area contributed by atoms with Gasteiger partial charge in [0.2, 0.25) is 0 Å². The van der Waals surface area contributed by atoms with Crippen LogP contribution in [0.15, 0.2) is 48.7 Å². The molecule has 24 heavy (non-hydrogen) atoms. The Morgan fingerprint density at radius 2 is 2.04 bits per heavy atom. The van der Waals surface area contributed by atoms with E-state index in [9.17, 15) is 4.79 Å². The third-order valence-electron chi connectivity index (χ3n) is 4.74. The number of nitrogens with two attached hydrogens (primary N) is 1. The summed E-state index contributed by atoms with van der Waals surface area (Å²) in [5.74, 6) is 1.26. The molecule has 0 spiro atoms. The lowest BCUT2D eigenvalue weighted by atomic mass is 10.1. The van der Waals surface area contributed by atoms with Crippen molar-refractivity contribution in [1.82, 2.24) is 9.88 Å². The maximum Gasteiger partial charge on any atom is 0.255 e. The van der Waals surface area contributed by atoms with Crippen LogP contribution in [0.1, 0.15) is 23.7 Å². The molecule has 5 nitrogen and oxygen atoms in total. The maximum atomic E-state index is 12.7. The van der Waals surface area contributed by atoms with E-state index in [1.807, 2.05) is 59.3 Å². The van der Waals surface area contributed by atoms with Gasteiger partial charge in [0.05, 0.1) is 5.56 Å². The average Bonchev–Trinajstić information content (AvgIpc) is 3.02. The molecular formula is C19H24N4O. The highest BCUT2D eigenvalue weighted by atomic mass is 16.2. The van der Waals surface area contributed by atoms with E-state index >= 15 is 0 Å². The Balaban J connectivity index is 1.74. The van der Waals surface area contributed by atoms with Crippen molar-refractivity contribution in [1.29, 1.82) is 0 Å². The van der Waals surface area contributed by atoms with Crippen LogP contribution in [0, 0.1) is 5.92 Å². The fraction of sp³-hybridized carbons (Fsp3) is 0.368. The third-order valence-corrected chi connectivity index (χ3v) is 4.74. The molecule has 126 valence electrons. The van der Waals surface area contributed by atoms with Crippen molar-refractivity contribution in [2.75, 3.05) is 25.0 Å². The zero-order chi connectivity index (χ0) is 17.1. The van der Waals surface area contributed by atoms with Gasteiger partial charge in [0.25, 0.3) is 5.91 Å². The highest BCUT2D eigenvalue weighted by Crippen LogP contribution is 2.25. The maximum absolute atomic E-state index is 12.7. The fourth-order valence-corrected chi connectivity index (χ4v) is 3.26. The molecule has 0 radical (unpaired) electrons. The molecule has 2 aromatic rings. The van der Waals surface area contributed by atoms with Crippen LogP contribution in [0.3, 0.4) is 0 Å². The molecule has 1 saturated heterocycles. The molecule has 1 aromatic carbocycles. The number of amides is 1. The molecule has 2 unspecified atom stereocenters. The quantitative estimate of drug-likeness (QED) is 0.939. The van der Waals surface area contributed by atoms with Crippen LogP contribution in [0.4, 0.5) is 11.5 Å². The molecule has 2 atom stereocenters. The summed E-state index contributed by atoms with van der Waals surface area (Å²) < 4.78 is 0. The van der Waals surface area contributed by atoms with E-state index in [2.05, 4.69) is 11.9 Å². The summed E-state index contributed by atoms with van der Waals surface area (Å²) in [5.41, 5.74) is 7.44. The number of aromatic nitrogens is 1. The number of rotatable bonds is 4. The molecule has 1 fully saturated rings. The Morgan fingerprint density at radius 1 is 1.29 bits per heavy atom. The summed E-state index contributed by atoms with van der Waals surface area (Å²) in [6.07, 6.45) is 2.64. The minimum Gasteiger partial charge on any atom is -0.336 e. The van der Waals surface area contributed by atoms with E-state index < -0.39 is 0 Å². The van der Waals surface area contributed by atoms with Crippen molar-refractivity contribution in [3.05, 3.63) is 54.2 Å². The topological polar surface area (TPSA) is 62.5 Å². The number of likely N-dealkylation sites (tertiary alicyclic amines) is 1. The first-order valence-electron chi connectivity index (χ1n) is 8.36. The van der Waals surface area contributed by atoms with Gasteiger partial charge >= 0.3 is 0 Å². The van der Waals surface area contributed by atoms with Gasteiger partial charge in [-0.3, -0.25) is 4.79 Å². The van der Waals surface area contributed by atoms with Crippen molar-refractivity contribution in [2.24, 2.45) is 11.7 Å². The fourth-order valence-electron chi connectivity index (χ4n) is 3.26. The Kier molecular flexibility index (Phi) is 4.81. The second kappa shape index (κ2) is 7.01. The number of hydrogen-bond acceptors (Lipinski definition) is 4. The first kappa shape index (κ1) is 16.5. The smallest absolute Gasteiger partial charge is 0.255 e. The standard InChI is InChI=1S/C19H24N4O/c1-14-10-15(11-20)13-23(14)19(24)16-8-9-18(21-12-16)22(2)17-6-4-3-5-7-17/h3-9,12,14-15H,10-11,13,20H2,1-2H3. The van der Waals surface area contributed by atoms with Crippen molar-refractivity contribution in [2.45, 2.75) is 19.4 Å². The van der Waals surface area contributed by atoms with E-state index in [-0.39, 0.29) is 11.9 Å². The molecule has 1 aliphatic heterocycles. The zero-order valence-corrected chi connectivity index (χ0v) is 14.2. The van der Waals surface area contributed by atoms with E-state index in [1.165, 1.54) is 0 Å². The third kappa shape index (κ3) is 3.26. The average molecular weight is 324 g/mol. The second-order valence-corrected chi connectivity index (χ2v) is 6.44. The lowest BCUT2D eigenvalue weighted by molar-refractivity contribution is 0.0743. The zero-order valence-electron chi connectivity index (χ0n) is 14.2. The van der Waals surface area contributed by atoms with Gasteiger partial charge in [0.1, 0.15) is 5.82 Å². The molecule has 1 aromatic heterocycles. The number of benzene rings is 1. The number of para-hydroxylation sites is 1. The summed E-state index contributed by atoms with van der Waals surface area (Å²) in [6, 6.07) is 14.0. The molecule has 2 heterocycles. The van der Waals surface area contributed by atoms with Gasteiger partial charge in [0.15, 0.2) is 0 Å². The van der Waals surface area contributed by atoms with E-state index in [1.54, 1.807) is 6.20 Å². The Bertz CT molecular complexity index is 686. The van der Waals surface area contributed by atoms with E-state index in [4.69, 9.17) is 5.73 Å². The van der Waals surface area contributed by atoms with Crippen molar-refractivity contribution in [3.8, 4) is 0 Å². The lowest BCUT2D eigenvalue weighted by Crippen LogP contribution is -2.34. The van der Waals surface area contributed by atoms with Crippen molar-refractivity contribution in [3.63, 3.8) is 0 Å². The van der Waals surface area contributed by atoms with Crippen LogP contribution in [-0.2, 0) is 0 Å². The van der Waals surface area contributed by atoms with Gasteiger partial charge in [-0.1, -0.05) is 18.2 Å². The summed E-state index contributed by atoms with van der Waals surface area (Å²) in [4.78, 5) is 21.1. The highest BCUT2D eigenvalue weighted by molar-refractivity contribution is 5.94. The molecule has 2 N–H and O–H groups in total. The molecule has 0 saturated carbocycles. The predicted octanol–water partition coefficient (Wildman–Crippen LogP) is 2.66. The van der Waals surface area contributed by atoms with Crippen LogP contribution in [-0.4, -0.2) is 42.0 Å². The first-order chi connectivity index (χ1) is 11.6. The SMILES string of the molecule is CC1CC(CN)CN1C(=O)c1ccc(N(C)c2ccccc2)nc1. The monoisotopic (exact) mass is 324 g/mol. The highest BCUT2D eigenvalue weighted by Gasteiger charge is 2.32. The predicted molar refractivity (Wildman–Crippen MR) is 96.4 cm³/mol. The summed E-state index contributed by atoms with van der Waals surface area (Å²) in [7, 11) is 1.97. The minimum atomic E-state index is 0.0415. The van der Waals surface area contributed by atoms with Crippen molar-refractivity contribution < 1.29 is 4.79 Å². The van der Waals surface area contributed by atoms with Gasteiger partial charge in [-0.25, -0.2) is 4.98 Å². The van der Waals surface area contributed by atoms with Crippen LogP contribution in [0.25, 0.3) is 0 Å². The molecule has 0 bridgehead atoms. The molecule has 5 heteroatoms. The first-order valence-corrected chi connectivity index (χ1v) is 8.36. The number of carbonyl (C=O) groups excluding carboxylic acids is 1. The van der Waals surface area contributed by atoms with E-state index in [0.29, 0.717) is 18.0 Å². The van der Waals surface area contributed by atoms with Gasteiger partial charge in [-0.05, 0) is 50.1 Å². The van der Waals surface area contributed by atoms with Gasteiger partial charge in [0, 0.05) is 31.5 Å².